The van der Waals surface area contributed by atoms with Crippen LogP contribution >= 0.6 is 0 Å². The Balaban J connectivity index is 1.75. The van der Waals surface area contributed by atoms with Crippen molar-refractivity contribution in [3.05, 3.63) is 42.1 Å². The summed E-state index contributed by atoms with van der Waals surface area (Å²) in [6, 6.07) is 7.03. The van der Waals surface area contributed by atoms with Crippen molar-refractivity contribution in [3.8, 4) is 11.3 Å². The van der Waals surface area contributed by atoms with Gasteiger partial charge in [0, 0.05) is 18.1 Å². The number of ether oxygens (including phenoxy) is 2. The fourth-order valence-corrected chi connectivity index (χ4v) is 5.18. The van der Waals surface area contributed by atoms with Crippen LogP contribution in [0.3, 0.4) is 0 Å². The van der Waals surface area contributed by atoms with Crippen molar-refractivity contribution in [1.82, 2.24) is 9.78 Å². The van der Waals surface area contributed by atoms with Gasteiger partial charge in [-0.15, -0.1) is 0 Å². The molecule has 0 radical (unpaired) electrons. The average Bonchev–Trinajstić information content (AvgIpc) is 3.26. The van der Waals surface area contributed by atoms with E-state index in [1.807, 2.05) is 13.1 Å². The van der Waals surface area contributed by atoms with Crippen LogP contribution in [0.15, 0.2) is 31.0 Å². The summed E-state index contributed by atoms with van der Waals surface area (Å²) in [7, 11) is 0. The molecule has 0 amide bonds. The molecule has 178 valence electrons. The molecule has 2 aromatic rings. The van der Waals surface area contributed by atoms with Gasteiger partial charge in [0.1, 0.15) is 5.76 Å². The van der Waals surface area contributed by atoms with Gasteiger partial charge >= 0.3 is 6.92 Å². The highest BCUT2D eigenvalue weighted by Gasteiger charge is 2.49. The van der Waals surface area contributed by atoms with Crippen LogP contribution in [0.1, 0.15) is 65.1 Å². The Hall–Kier alpha value is -2.05. The Morgan fingerprint density at radius 1 is 1.30 bits per heavy atom. The molecule has 1 aromatic carbocycles. The molecule has 0 saturated carbocycles. The number of aromatic nitrogens is 2. The lowest BCUT2D eigenvalue weighted by molar-refractivity contribution is 0.0255. The summed E-state index contributed by atoms with van der Waals surface area (Å²) < 4.78 is 20.2. The molecule has 33 heavy (non-hydrogen) atoms. The van der Waals surface area contributed by atoms with Crippen molar-refractivity contribution in [3.63, 3.8) is 0 Å². The molecule has 0 spiro atoms. The molecule has 5 nitrogen and oxygen atoms in total. The van der Waals surface area contributed by atoms with E-state index in [1.165, 1.54) is 16.6 Å². The second kappa shape index (κ2) is 8.96. The molecular weight excluding hydrogens is 411 g/mol. The molecule has 0 bridgehead atoms. The van der Waals surface area contributed by atoms with Crippen LogP contribution in [0.25, 0.3) is 17.0 Å². The maximum atomic E-state index is 6.50. The predicted molar refractivity (Wildman–Crippen MR) is 136 cm³/mol. The van der Waals surface area contributed by atoms with Crippen LogP contribution in [-0.2, 0) is 14.1 Å². The Morgan fingerprint density at radius 3 is 2.67 bits per heavy atom. The zero-order valence-corrected chi connectivity index (χ0v) is 21.4. The standard InChI is InChI=1S/C27H39BN2O3/c1-9-32-20(4)23-15-29-30(24-12-13-31-16-19(24)3)25(23)22-11-10-21(14-18(22)2)28-17-26(5,6)27(7,8)33-28/h10-11,14-15,19,24H,4,9,12-13,16-17H2,1-3,5-8H3. The lowest BCUT2D eigenvalue weighted by Gasteiger charge is -2.34. The topological polar surface area (TPSA) is 45.5 Å². The molecule has 2 saturated heterocycles. The van der Waals surface area contributed by atoms with Gasteiger partial charge in [-0.25, -0.2) is 0 Å². The van der Waals surface area contributed by atoms with E-state index in [1.54, 1.807) is 0 Å². The highest BCUT2D eigenvalue weighted by Crippen LogP contribution is 2.45. The zero-order valence-electron chi connectivity index (χ0n) is 21.4. The van der Waals surface area contributed by atoms with Crippen LogP contribution in [0.4, 0.5) is 0 Å². The quantitative estimate of drug-likeness (QED) is 0.431. The summed E-state index contributed by atoms with van der Waals surface area (Å²) in [4.78, 5) is 0. The number of nitrogens with zero attached hydrogens (tertiary/aromatic N) is 2. The number of benzene rings is 1. The van der Waals surface area contributed by atoms with Crippen LogP contribution in [0.2, 0.25) is 6.32 Å². The molecule has 2 aliphatic rings. The van der Waals surface area contributed by atoms with Crippen molar-refractivity contribution in [2.75, 3.05) is 19.8 Å². The highest BCUT2D eigenvalue weighted by molar-refractivity contribution is 6.68. The maximum Gasteiger partial charge on any atom is 0.327 e. The smallest absolute Gasteiger partial charge is 0.327 e. The first-order valence-corrected chi connectivity index (χ1v) is 12.3. The van der Waals surface area contributed by atoms with Crippen LogP contribution in [0, 0.1) is 18.3 Å². The minimum Gasteiger partial charge on any atom is -0.494 e. The van der Waals surface area contributed by atoms with Crippen LogP contribution < -0.4 is 5.46 Å². The van der Waals surface area contributed by atoms with E-state index in [-0.39, 0.29) is 24.0 Å². The maximum absolute atomic E-state index is 6.50. The zero-order chi connectivity index (χ0) is 24.0. The summed E-state index contributed by atoms with van der Waals surface area (Å²) >= 11 is 0. The van der Waals surface area contributed by atoms with E-state index in [2.05, 4.69) is 71.0 Å². The average molecular weight is 450 g/mol. The summed E-state index contributed by atoms with van der Waals surface area (Å²) in [5.74, 6) is 1.06. The van der Waals surface area contributed by atoms with Gasteiger partial charge < -0.3 is 14.1 Å². The van der Waals surface area contributed by atoms with Gasteiger partial charge in [-0.3, -0.25) is 4.68 Å². The van der Waals surface area contributed by atoms with Crippen LogP contribution in [-0.4, -0.2) is 42.1 Å². The lowest BCUT2D eigenvalue weighted by atomic mass is 9.54. The first-order chi connectivity index (χ1) is 15.6. The Kier molecular flexibility index (Phi) is 6.54. The number of hydrogen-bond donors (Lipinski definition) is 0. The van der Waals surface area contributed by atoms with Gasteiger partial charge in [-0.2, -0.15) is 5.10 Å². The fraction of sp³-hybridized carbons (Fsp3) is 0.593. The van der Waals surface area contributed by atoms with Crippen molar-refractivity contribution in [2.24, 2.45) is 11.3 Å². The van der Waals surface area contributed by atoms with E-state index in [4.69, 9.17) is 19.2 Å². The molecule has 0 aliphatic carbocycles. The van der Waals surface area contributed by atoms with Crippen molar-refractivity contribution >= 4 is 18.1 Å². The van der Waals surface area contributed by atoms with E-state index in [0.717, 1.165) is 37.2 Å². The monoisotopic (exact) mass is 450 g/mol. The first-order valence-electron chi connectivity index (χ1n) is 12.3. The Labute approximate surface area is 199 Å². The Bertz CT molecular complexity index is 1010. The molecule has 0 N–H and O–H groups in total. The molecule has 1 aromatic heterocycles. The van der Waals surface area contributed by atoms with Crippen molar-refractivity contribution < 1.29 is 14.1 Å². The van der Waals surface area contributed by atoms with E-state index >= 15 is 0 Å². The van der Waals surface area contributed by atoms with Gasteiger partial charge in [-0.05, 0) is 56.9 Å². The third kappa shape index (κ3) is 4.40. The Morgan fingerprint density at radius 2 is 2.06 bits per heavy atom. The molecule has 2 unspecified atom stereocenters. The van der Waals surface area contributed by atoms with Gasteiger partial charge in [0.25, 0.3) is 0 Å². The summed E-state index contributed by atoms with van der Waals surface area (Å²) in [6.07, 6.45) is 3.88. The molecule has 3 heterocycles. The van der Waals surface area contributed by atoms with E-state index < -0.39 is 0 Å². The minimum atomic E-state index is -0.148. The minimum absolute atomic E-state index is 0.112. The number of aryl methyl sites for hydroxylation is 1. The molecule has 4 rings (SSSR count). The van der Waals surface area contributed by atoms with E-state index in [0.29, 0.717) is 18.3 Å². The largest absolute Gasteiger partial charge is 0.494 e. The van der Waals surface area contributed by atoms with Gasteiger partial charge in [0.2, 0.25) is 0 Å². The predicted octanol–water partition coefficient (Wildman–Crippen LogP) is 5.50. The summed E-state index contributed by atoms with van der Waals surface area (Å²) in [5, 5.41) is 4.84. The molecule has 6 heteroatoms. The number of hydrogen-bond acceptors (Lipinski definition) is 4. The third-order valence-corrected chi connectivity index (χ3v) is 7.96. The van der Waals surface area contributed by atoms with Crippen molar-refractivity contribution in [2.45, 2.75) is 72.9 Å². The van der Waals surface area contributed by atoms with Gasteiger partial charge in [0.15, 0.2) is 0 Å². The summed E-state index contributed by atoms with van der Waals surface area (Å²) in [6.45, 7) is 21.8. The highest BCUT2D eigenvalue weighted by atomic mass is 16.5. The normalized spacial score (nSPS) is 24.2. The van der Waals surface area contributed by atoms with E-state index in [9.17, 15) is 0 Å². The fourth-order valence-electron chi connectivity index (χ4n) is 5.18. The summed E-state index contributed by atoms with van der Waals surface area (Å²) in [5.41, 5.74) is 5.66. The van der Waals surface area contributed by atoms with Gasteiger partial charge in [0.05, 0.1) is 42.3 Å². The first kappa shape index (κ1) is 24.1. The molecular formula is C27H39BN2O3. The lowest BCUT2D eigenvalue weighted by Crippen LogP contribution is -2.36. The molecule has 2 fully saturated rings. The third-order valence-electron chi connectivity index (χ3n) is 7.96. The van der Waals surface area contributed by atoms with Gasteiger partial charge in [-0.1, -0.05) is 45.5 Å². The second-order valence-corrected chi connectivity index (χ2v) is 10.9. The molecule has 2 atom stereocenters. The van der Waals surface area contributed by atoms with Crippen molar-refractivity contribution in [1.29, 1.82) is 0 Å². The van der Waals surface area contributed by atoms with Crippen LogP contribution in [0.5, 0.6) is 0 Å². The molecule has 2 aliphatic heterocycles. The SMILES string of the molecule is C=C(OCC)c1cnn(C2CCOCC2C)c1-c1ccc(B2CC(C)(C)C(C)(C)O2)cc1C. The second-order valence-electron chi connectivity index (χ2n) is 10.9. The number of rotatable bonds is 6.